The van der Waals surface area contributed by atoms with E-state index in [0.717, 1.165) is 55.1 Å². The number of anilines is 1. The molecule has 2 aromatic heterocycles. The average Bonchev–Trinajstić information content (AvgIpc) is 3.42. The number of amidine groups is 1. The van der Waals surface area contributed by atoms with Gasteiger partial charge >= 0.3 is 0 Å². The summed E-state index contributed by atoms with van der Waals surface area (Å²) in [5, 5.41) is 17.8. The van der Waals surface area contributed by atoms with E-state index in [1.54, 1.807) is 24.4 Å². The predicted molar refractivity (Wildman–Crippen MR) is 142 cm³/mol. The number of imidazole rings is 1. The minimum Gasteiger partial charge on any atom is -0.396 e. The Morgan fingerprint density at radius 3 is 2.84 bits per heavy atom. The van der Waals surface area contributed by atoms with E-state index in [2.05, 4.69) is 14.9 Å². The number of aromatic nitrogens is 3. The van der Waals surface area contributed by atoms with Crippen LogP contribution in [-0.4, -0.2) is 70.2 Å². The van der Waals surface area contributed by atoms with Gasteiger partial charge in [-0.2, -0.15) is 0 Å². The molecule has 8 nitrogen and oxygen atoms in total. The SMILES string of the molecule is N=C(/C=C\c1ncc(-c2cccc(N3CCC(CCO)CC3)n2)[nH]1)N1CCOCC1c1cccc(F)c1. The van der Waals surface area contributed by atoms with E-state index < -0.39 is 0 Å². The first-order valence-corrected chi connectivity index (χ1v) is 12.9. The molecule has 1 unspecified atom stereocenters. The maximum Gasteiger partial charge on any atom is 0.130 e. The van der Waals surface area contributed by atoms with Crippen LogP contribution < -0.4 is 4.90 Å². The van der Waals surface area contributed by atoms with Gasteiger partial charge in [0.15, 0.2) is 0 Å². The summed E-state index contributed by atoms with van der Waals surface area (Å²) in [6.07, 6.45) is 8.26. The fourth-order valence-electron chi connectivity index (χ4n) is 5.07. The quantitative estimate of drug-likeness (QED) is 0.328. The van der Waals surface area contributed by atoms with E-state index in [-0.39, 0.29) is 18.5 Å². The van der Waals surface area contributed by atoms with Crippen molar-refractivity contribution < 1.29 is 14.2 Å². The van der Waals surface area contributed by atoms with Crippen molar-refractivity contribution >= 4 is 17.7 Å². The lowest BCUT2D eigenvalue weighted by Crippen LogP contribution is -2.42. The van der Waals surface area contributed by atoms with Crippen molar-refractivity contribution in [1.29, 1.82) is 5.41 Å². The van der Waals surface area contributed by atoms with Crippen LogP contribution in [0.2, 0.25) is 0 Å². The predicted octanol–water partition coefficient (Wildman–Crippen LogP) is 4.27. The Bertz CT molecular complexity index is 1240. The summed E-state index contributed by atoms with van der Waals surface area (Å²) < 4.78 is 19.4. The molecule has 0 amide bonds. The largest absolute Gasteiger partial charge is 0.396 e. The number of aromatic amines is 1. The number of piperidine rings is 1. The summed E-state index contributed by atoms with van der Waals surface area (Å²) in [5.74, 6) is 2.19. The summed E-state index contributed by atoms with van der Waals surface area (Å²) in [6.45, 7) is 3.63. The molecule has 0 radical (unpaired) electrons. The molecule has 0 bridgehead atoms. The third kappa shape index (κ3) is 6.06. The molecule has 2 aliphatic rings. The van der Waals surface area contributed by atoms with Crippen LogP contribution in [0.1, 0.15) is 36.7 Å². The zero-order chi connectivity index (χ0) is 25.6. The molecule has 3 aromatic rings. The molecule has 1 aromatic carbocycles. The molecule has 0 spiro atoms. The van der Waals surface area contributed by atoms with E-state index in [4.69, 9.17) is 15.1 Å². The number of benzene rings is 1. The number of ether oxygens (including phenoxy) is 1. The maximum atomic E-state index is 13.8. The highest BCUT2D eigenvalue weighted by atomic mass is 19.1. The van der Waals surface area contributed by atoms with Crippen LogP contribution in [0, 0.1) is 17.1 Å². The number of hydrogen-bond donors (Lipinski definition) is 3. The van der Waals surface area contributed by atoms with Crippen molar-refractivity contribution in [3.63, 3.8) is 0 Å². The van der Waals surface area contributed by atoms with Crippen molar-refractivity contribution in [2.75, 3.05) is 44.4 Å². The Morgan fingerprint density at radius 1 is 1.19 bits per heavy atom. The summed E-state index contributed by atoms with van der Waals surface area (Å²) in [7, 11) is 0. The van der Waals surface area contributed by atoms with Gasteiger partial charge in [-0.05, 0) is 67.2 Å². The first kappa shape index (κ1) is 25.1. The molecule has 4 heterocycles. The molecule has 1 atom stereocenters. The smallest absolute Gasteiger partial charge is 0.130 e. The molecule has 0 aliphatic carbocycles. The minimum atomic E-state index is -0.294. The first-order valence-electron chi connectivity index (χ1n) is 12.9. The van der Waals surface area contributed by atoms with Gasteiger partial charge in [-0.3, -0.25) is 5.41 Å². The van der Waals surface area contributed by atoms with Gasteiger partial charge in [-0.25, -0.2) is 14.4 Å². The number of H-pyrrole nitrogens is 1. The van der Waals surface area contributed by atoms with Crippen LogP contribution in [0.3, 0.4) is 0 Å². The highest BCUT2D eigenvalue weighted by molar-refractivity contribution is 5.94. The number of pyridine rings is 1. The van der Waals surface area contributed by atoms with Gasteiger partial charge in [0.05, 0.1) is 36.8 Å². The Balaban J connectivity index is 1.25. The van der Waals surface area contributed by atoms with Crippen molar-refractivity contribution in [3.8, 4) is 11.4 Å². The second kappa shape index (κ2) is 11.7. The standard InChI is InChI=1S/C28H33FN6O2/c29-22-4-1-3-21(17-22)25-19-37-16-14-35(25)26(30)7-8-27-31-18-24(32-27)23-5-2-6-28(33-23)34-12-9-20(10-13-34)11-15-36/h1-8,17-18,20,25,30,36H,9-16,19H2,(H,31,32)/b8-7-,30-26?. The topological polar surface area (TPSA) is 101 Å². The van der Waals surface area contributed by atoms with Gasteiger partial charge in [-0.15, -0.1) is 0 Å². The zero-order valence-electron chi connectivity index (χ0n) is 20.8. The number of nitrogens with one attached hydrogen (secondary N) is 2. The molecule has 0 saturated carbocycles. The zero-order valence-corrected chi connectivity index (χ0v) is 20.8. The Kier molecular flexibility index (Phi) is 7.91. The summed E-state index contributed by atoms with van der Waals surface area (Å²) in [5.41, 5.74) is 2.42. The first-order chi connectivity index (χ1) is 18.1. The van der Waals surface area contributed by atoms with Crippen molar-refractivity contribution in [2.24, 2.45) is 5.92 Å². The summed E-state index contributed by atoms with van der Waals surface area (Å²) in [6, 6.07) is 12.3. The van der Waals surface area contributed by atoms with E-state index in [0.29, 0.717) is 37.3 Å². The fraction of sp³-hybridized carbons (Fsp3) is 0.393. The number of hydrogen-bond acceptors (Lipinski definition) is 6. The maximum absolute atomic E-state index is 13.8. The lowest BCUT2D eigenvalue weighted by atomic mass is 9.94. The average molecular weight is 505 g/mol. The number of halogens is 1. The Hall–Kier alpha value is -3.56. The number of aliphatic hydroxyl groups is 1. The van der Waals surface area contributed by atoms with Crippen LogP contribution in [0.15, 0.2) is 54.7 Å². The Morgan fingerprint density at radius 2 is 2.03 bits per heavy atom. The molecular formula is C28H33FN6O2. The van der Waals surface area contributed by atoms with Gasteiger partial charge in [-0.1, -0.05) is 18.2 Å². The molecule has 9 heteroatoms. The second-order valence-corrected chi connectivity index (χ2v) is 9.56. The summed E-state index contributed by atoms with van der Waals surface area (Å²) >= 11 is 0. The molecular weight excluding hydrogens is 471 g/mol. The number of morpholine rings is 1. The molecule has 2 aliphatic heterocycles. The van der Waals surface area contributed by atoms with E-state index in [9.17, 15) is 9.50 Å². The third-order valence-electron chi connectivity index (χ3n) is 7.15. The Labute approximate surface area is 216 Å². The van der Waals surface area contributed by atoms with Crippen molar-refractivity contribution in [2.45, 2.75) is 25.3 Å². The van der Waals surface area contributed by atoms with Gasteiger partial charge < -0.3 is 24.6 Å². The number of aliphatic hydroxyl groups excluding tert-OH is 1. The molecule has 194 valence electrons. The third-order valence-corrected chi connectivity index (χ3v) is 7.15. The van der Waals surface area contributed by atoms with Crippen LogP contribution in [-0.2, 0) is 4.74 Å². The number of nitrogens with zero attached hydrogens (tertiary/aromatic N) is 4. The molecule has 5 rings (SSSR count). The minimum absolute atomic E-state index is 0.214. The lowest BCUT2D eigenvalue weighted by molar-refractivity contribution is 0.0258. The monoisotopic (exact) mass is 504 g/mol. The van der Waals surface area contributed by atoms with E-state index in [1.807, 2.05) is 29.2 Å². The normalized spacial score (nSPS) is 19.0. The fourth-order valence-corrected chi connectivity index (χ4v) is 5.07. The van der Waals surface area contributed by atoms with Gasteiger partial charge in [0.25, 0.3) is 0 Å². The molecule has 2 saturated heterocycles. The highest BCUT2D eigenvalue weighted by Gasteiger charge is 2.26. The second-order valence-electron chi connectivity index (χ2n) is 9.56. The summed E-state index contributed by atoms with van der Waals surface area (Å²) in [4.78, 5) is 16.8. The van der Waals surface area contributed by atoms with Gasteiger partial charge in [0, 0.05) is 26.2 Å². The van der Waals surface area contributed by atoms with Crippen molar-refractivity contribution in [1.82, 2.24) is 19.9 Å². The van der Waals surface area contributed by atoms with Gasteiger partial charge in [0.1, 0.15) is 23.3 Å². The molecule has 2 fully saturated rings. The van der Waals surface area contributed by atoms with E-state index in [1.165, 1.54) is 12.1 Å². The van der Waals surface area contributed by atoms with Crippen LogP contribution in [0.25, 0.3) is 17.5 Å². The molecule has 3 N–H and O–H groups in total. The van der Waals surface area contributed by atoms with Crippen molar-refractivity contribution in [3.05, 3.63) is 71.9 Å². The lowest BCUT2D eigenvalue weighted by Gasteiger charge is -2.36. The van der Waals surface area contributed by atoms with Crippen LogP contribution in [0.5, 0.6) is 0 Å². The highest BCUT2D eigenvalue weighted by Crippen LogP contribution is 2.27. The number of rotatable bonds is 7. The van der Waals surface area contributed by atoms with E-state index >= 15 is 0 Å². The molecule has 37 heavy (non-hydrogen) atoms. The van der Waals surface area contributed by atoms with Crippen LogP contribution >= 0.6 is 0 Å². The van der Waals surface area contributed by atoms with Crippen LogP contribution in [0.4, 0.5) is 10.2 Å². The van der Waals surface area contributed by atoms with Gasteiger partial charge in [0.2, 0.25) is 0 Å².